The molecule has 0 radical (unpaired) electrons. The summed E-state index contributed by atoms with van der Waals surface area (Å²) < 4.78 is 42.6. The van der Waals surface area contributed by atoms with Gasteiger partial charge in [0.1, 0.15) is 12.1 Å². The Labute approximate surface area is 244 Å². The van der Waals surface area contributed by atoms with Crippen LogP contribution in [-0.4, -0.2) is 63.1 Å². The molecule has 3 aromatic rings. The number of rotatable bonds is 6. The third kappa shape index (κ3) is 6.86. The number of piperidine rings is 1. The molecule has 14 heteroatoms. The standard InChI is InChI=1S/C28H30F3N7O3S/c1-17(2)22-9-4-18(3)14-23(22)38-24(39)15-42-27(38)34-26(40)33-19-10-12-36(13-11-19)25-32-16-37(35-25)20-5-7-21(8-6-20)41-28(29,30)31/h4-9,14,16-17,19H,10-13,15H2,1-3H3,(H,33,40). The number of carbonyl (C=O) groups is 2. The van der Waals surface area contributed by atoms with Crippen LogP contribution in [0.2, 0.25) is 0 Å². The summed E-state index contributed by atoms with van der Waals surface area (Å²) in [7, 11) is 0. The van der Waals surface area contributed by atoms with E-state index in [1.165, 1.54) is 47.0 Å². The summed E-state index contributed by atoms with van der Waals surface area (Å²) in [5.41, 5.74) is 3.33. The third-order valence-electron chi connectivity index (χ3n) is 6.93. The van der Waals surface area contributed by atoms with Gasteiger partial charge in [0.05, 0.1) is 17.1 Å². The molecule has 5 rings (SSSR count). The van der Waals surface area contributed by atoms with Crippen molar-refractivity contribution in [2.45, 2.75) is 51.9 Å². The summed E-state index contributed by atoms with van der Waals surface area (Å²) in [6, 6.07) is 10.7. The number of hydrogen-bond donors (Lipinski definition) is 1. The van der Waals surface area contributed by atoms with E-state index in [9.17, 15) is 22.8 Å². The highest BCUT2D eigenvalue weighted by Gasteiger charge is 2.33. The highest BCUT2D eigenvalue weighted by Crippen LogP contribution is 2.34. The van der Waals surface area contributed by atoms with Crippen LogP contribution in [0.1, 0.15) is 43.7 Å². The second-order valence-corrected chi connectivity index (χ2v) is 11.3. The van der Waals surface area contributed by atoms with Crippen molar-refractivity contribution in [2.24, 2.45) is 4.99 Å². The molecule has 0 bridgehead atoms. The average molecular weight is 602 g/mol. The van der Waals surface area contributed by atoms with Crippen LogP contribution in [0.25, 0.3) is 5.69 Å². The topological polar surface area (TPSA) is 105 Å². The van der Waals surface area contributed by atoms with Gasteiger partial charge in [-0.25, -0.2) is 9.48 Å². The predicted molar refractivity (Wildman–Crippen MR) is 154 cm³/mol. The normalized spacial score (nSPS) is 17.4. The number of ether oxygens (including phenoxy) is 1. The Morgan fingerprint density at radius 1 is 1.14 bits per heavy atom. The van der Waals surface area contributed by atoms with Crippen LogP contribution >= 0.6 is 11.8 Å². The molecule has 2 aliphatic heterocycles. The van der Waals surface area contributed by atoms with Gasteiger partial charge in [0, 0.05) is 19.1 Å². The molecule has 2 saturated heterocycles. The molecule has 1 N–H and O–H groups in total. The van der Waals surface area contributed by atoms with E-state index in [4.69, 9.17) is 0 Å². The van der Waals surface area contributed by atoms with E-state index < -0.39 is 12.4 Å². The van der Waals surface area contributed by atoms with Crippen LogP contribution in [0.5, 0.6) is 5.75 Å². The fourth-order valence-corrected chi connectivity index (χ4v) is 5.72. The number of amidine groups is 1. The summed E-state index contributed by atoms with van der Waals surface area (Å²) in [5, 5.41) is 7.79. The summed E-state index contributed by atoms with van der Waals surface area (Å²) in [5.74, 6) is 0.470. The number of aryl methyl sites for hydroxylation is 1. The number of nitrogens with zero attached hydrogens (tertiary/aromatic N) is 6. The van der Waals surface area contributed by atoms with Crippen LogP contribution in [0, 0.1) is 6.92 Å². The van der Waals surface area contributed by atoms with Crippen molar-refractivity contribution in [3.63, 3.8) is 0 Å². The lowest BCUT2D eigenvalue weighted by Gasteiger charge is -2.31. The summed E-state index contributed by atoms with van der Waals surface area (Å²) >= 11 is 1.25. The van der Waals surface area contributed by atoms with E-state index in [0.717, 1.165) is 16.8 Å². The van der Waals surface area contributed by atoms with Gasteiger partial charge in [0.15, 0.2) is 5.17 Å². The lowest BCUT2D eigenvalue weighted by molar-refractivity contribution is -0.274. The Kier molecular flexibility index (Phi) is 8.43. The van der Waals surface area contributed by atoms with Crippen LogP contribution < -0.4 is 19.9 Å². The zero-order valence-corrected chi connectivity index (χ0v) is 24.1. The minimum Gasteiger partial charge on any atom is -0.406 e. The highest BCUT2D eigenvalue weighted by atomic mass is 32.2. The number of thioether (sulfide) groups is 1. The van der Waals surface area contributed by atoms with E-state index in [1.807, 2.05) is 30.0 Å². The van der Waals surface area contributed by atoms with Crippen molar-refractivity contribution >= 4 is 40.5 Å². The van der Waals surface area contributed by atoms with E-state index in [2.05, 4.69) is 39.0 Å². The zero-order valence-electron chi connectivity index (χ0n) is 23.3. The van der Waals surface area contributed by atoms with Gasteiger partial charge in [-0.05, 0) is 67.1 Å². The third-order valence-corrected chi connectivity index (χ3v) is 7.85. The largest absolute Gasteiger partial charge is 0.573 e. The van der Waals surface area contributed by atoms with Crippen LogP contribution in [-0.2, 0) is 4.79 Å². The van der Waals surface area contributed by atoms with Crippen molar-refractivity contribution in [1.82, 2.24) is 20.1 Å². The summed E-state index contributed by atoms with van der Waals surface area (Å²) in [6.07, 6.45) is -1.99. The Balaban J connectivity index is 1.18. The quantitative estimate of drug-likeness (QED) is 0.403. The number of nitrogens with one attached hydrogen (secondary N) is 1. The second-order valence-electron chi connectivity index (χ2n) is 10.4. The van der Waals surface area contributed by atoms with Gasteiger partial charge in [0.25, 0.3) is 0 Å². The smallest absolute Gasteiger partial charge is 0.406 e. The molecule has 222 valence electrons. The minimum absolute atomic E-state index is 0.107. The first-order chi connectivity index (χ1) is 20.0. The molecular formula is C28H30F3N7O3S. The molecule has 2 aliphatic rings. The number of hydrogen-bond acceptors (Lipinski definition) is 7. The van der Waals surface area contributed by atoms with Crippen LogP contribution in [0.3, 0.4) is 0 Å². The Hall–Kier alpha value is -4.07. The Bertz CT molecular complexity index is 1480. The molecular weight excluding hydrogens is 571 g/mol. The molecule has 42 heavy (non-hydrogen) atoms. The molecule has 2 fully saturated rings. The first-order valence-corrected chi connectivity index (χ1v) is 14.4. The average Bonchev–Trinajstić information content (AvgIpc) is 3.55. The molecule has 0 aliphatic carbocycles. The number of aromatic nitrogens is 3. The Morgan fingerprint density at radius 2 is 1.86 bits per heavy atom. The maximum Gasteiger partial charge on any atom is 0.573 e. The maximum atomic E-state index is 12.9. The summed E-state index contributed by atoms with van der Waals surface area (Å²) in [6.45, 7) is 7.26. The Morgan fingerprint density at radius 3 is 2.52 bits per heavy atom. The van der Waals surface area contributed by atoms with E-state index in [-0.39, 0.29) is 29.4 Å². The lowest BCUT2D eigenvalue weighted by atomic mass is 9.99. The van der Waals surface area contributed by atoms with Crippen molar-refractivity contribution in [1.29, 1.82) is 0 Å². The van der Waals surface area contributed by atoms with Gasteiger partial charge < -0.3 is 15.0 Å². The van der Waals surface area contributed by atoms with Crippen molar-refractivity contribution in [3.05, 3.63) is 59.9 Å². The zero-order chi connectivity index (χ0) is 30.0. The van der Waals surface area contributed by atoms with Crippen molar-refractivity contribution in [3.8, 4) is 11.4 Å². The molecule has 3 amide bonds. The first-order valence-electron chi connectivity index (χ1n) is 13.4. The number of amides is 3. The fourth-order valence-electron chi connectivity index (χ4n) is 4.86. The van der Waals surface area contributed by atoms with Crippen molar-refractivity contribution in [2.75, 3.05) is 28.6 Å². The summed E-state index contributed by atoms with van der Waals surface area (Å²) in [4.78, 5) is 37.8. The van der Waals surface area contributed by atoms with E-state index >= 15 is 0 Å². The number of anilines is 2. The molecule has 2 aromatic carbocycles. The number of aliphatic imine (C=N–C) groups is 1. The van der Waals surface area contributed by atoms with Crippen LogP contribution in [0.15, 0.2) is 53.8 Å². The van der Waals surface area contributed by atoms with Gasteiger partial charge in [0.2, 0.25) is 11.9 Å². The number of benzene rings is 2. The monoisotopic (exact) mass is 601 g/mol. The molecule has 0 atom stereocenters. The number of alkyl halides is 3. The first kappa shape index (κ1) is 29.4. The molecule has 0 spiro atoms. The highest BCUT2D eigenvalue weighted by molar-refractivity contribution is 8.15. The van der Waals surface area contributed by atoms with Gasteiger partial charge in [-0.3, -0.25) is 9.69 Å². The lowest BCUT2D eigenvalue weighted by Crippen LogP contribution is -2.44. The SMILES string of the molecule is Cc1ccc(C(C)C)c(N2C(=O)CSC2=NC(=O)NC2CCN(c3ncn(-c4ccc(OC(F)(F)F)cc4)n3)CC2)c1. The van der Waals surface area contributed by atoms with Crippen molar-refractivity contribution < 1.29 is 27.5 Å². The maximum absolute atomic E-state index is 12.9. The second kappa shape index (κ2) is 12.0. The molecule has 3 heterocycles. The minimum atomic E-state index is -4.76. The molecule has 10 nitrogen and oxygen atoms in total. The van der Waals surface area contributed by atoms with Gasteiger partial charge in [-0.2, -0.15) is 9.98 Å². The molecule has 0 saturated carbocycles. The number of carbonyl (C=O) groups excluding carboxylic acids is 2. The van der Waals surface area contributed by atoms with Gasteiger partial charge in [-0.1, -0.05) is 37.7 Å². The molecule has 1 aromatic heterocycles. The fraction of sp³-hybridized carbons (Fsp3) is 0.393. The number of urea groups is 1. The number of halogens is 3. The van der Waals surface area contributed by atoms with Crippen LogP contribution in [0.4, 0.5) is 29.6 Å². The predicted octanol–water partition coefficient (Wildman–Crippen LogP) is 5.41. The van der Waals surface area contributed by atoms with Gasteiger partial charge in [-0.15, -0.1) is 18.3 Å². The molecule has 0 unspecified atom stereocenters. The van der Waals surface area contributed by atoms with E-state index in [1.54, 1.807) is 4.90 Å². The van der Waals surface area contributed by atoms with E-state index in [0.29, 0.717) is 42.7 Å². The van der Waals surface area contributed by atoms with Gasteiger partial charge >= 0.3 is 12.4 Å².